The molecule has 0 saturated heterocycles. The fourth-order valence-electron chi connectivity index (χ4n) is 4.37. The van der Waals surface area contributed by atoms with Crippen molar-refractivity contribution >= 4 is 27.8 Å². The van der Waals surface area contributed by atoms with Gasteiger partial charge in [0.1, 0.15) is 11.4 Å². The number of aliphatic carboxylic acids is 1. The number of halogens is 1. The minimum Gasteiger partial charge on any atom is -0.487 e. The summed E-state index contributed by atoms with van der Waals surface area (Å²) < 4.78 is 7.34. The number of hydrogen-bond acceptors (Lipinski definition) is 3. The molecule has 0 spiro atoms. The molecule has 176 valence electrons. The first-order chi connectivity index (χ1) is 16.2. The predicted molar refractivity (Wildman–Crippen MR) is 135 cm³/mol. The highest BCUT2D eigenvalue weighted by Gasteiger charge is 2.35. The van der Waals surface area contributed by atoms with Crippen LogP contribution in [0.3, 0.4) is 0 Å². The maximum atomic E-state index is 13.4. The van der Waals surface area contributed by atoms with Gasteiger partial charge in [0.25, 0.3) is 5.91 Å². The first kappa shape index (κ1) is 24.0. The number of benzene rings is 3. The van der Waals surface area contributed by atoms with E-state index in [-0.39, 0.29) is 24.5 Å². The van der Waals surface area contributed by atoms with Crippen molar-refractivity contribution in [3.05, 3.63) is 99.0 Å². The van der Waals surface area contributed by atoms with Gasteiger partial charge in [-0.05, 0) is 60.9 Å². The van der Waals surface area contributed by atoms with Crippen molar-refractivity contribution in [1.82, 2.24) is 4.90 Å². The van der Waals surface area contributed by atoms with E-state index in [4.69, 9.17) is 4.74 Å². The monoisotopic (exact) mass is 521 g/mol. The first-order valence-electron chi connectivity index (χ1n) is 11.3. The number of ether oxygens (including phenoxy) is 1. The molecule has 5 nitrogen and oxygen atoms in total. The van der Waals surface area contributed by atoms with Crippen LogP contribution in [0.4, 0.5) is 0 Å². The van der Waals surface area contributed by atoms with Crippen LogP contribution in [0.1, 0.15) is 46.0 Å². The lowest BCUT2D eigenvalue weighted by atomic mass is 9.91. The van der Waals surface area contributed by atoms with Crippen molar-refractivity contribution in [2.75, 3.05) is 6.54 Å². The van der Waals surface area contributed by atoms with Gasteiger partial charge in [-0.2, -0.15) is 0 Å². The quantitative estimate of drug-likeness (QED) is 0.406. The highest BCUT2D eigenvalue weighted by atomic mass is 79.9. The molecule has 0 saturated carbocycles. The van der Waals surface area contributed by atoms with Crippen LogP contribution in [0.15, 0.2) is 71.2 Å². The number of carbonyl (C=O) groups excluding carboxylic acids is 1. The number of hydrogen-bond donors (Lipinski definition) is 1. The third-order valence-electron chi connectivity index (χ3n) is 6.10. The van der Waals surface area contributed by atoms with Gasteiger partial charge in [0.2, 0.25) is 0 Å². The van der Waals surface area contributed by atoms with Crippen LogP contribution in [-0.2, 0) is 24.2 Å². The van der Waals surface area contributed by atoms with Crippen LogP contribution < -0.4 is 4.74 Å². The fourth-order valence-corrected chi connectivity index (χ4v) is 4.63. The predicted octanol–water partition coefficient (Wildman–Crippen LogP) is 5.81. The Morgan fingerprint density at radius 3 is 2.38 bits per heavy atom. The molecule has 1 heterocycles. The molecule has 34 heavy (non-hydrogen) atoms. The molecule has 0 bridgehead atoms. The summed E-state index contributed by atoms with van der Waals surface area (Å²) in [6.45, 7) is 4.61. The van der Waals surface area contributed by atoms with E-state index in [1.807, 2.05) is 55.5 Å². The lowest BCUT2D eigenvalue weighted by Crippen LogP contribution is -2.33. The Morgan fingerprint density at radius 2 is 1.71 bits per heavy atom. The lowest BCUT2D eigenvalue weighted by molar-refractivity contribution is -0.137. The van der Waals surface area contributed by atoms with Gasteiger partial charge in [-0.1, -0.05) is 57.9 Å². The number of carbonyl (C=O) groups is 2. The van der Waals surface area contributed by atoms with Gasteiger partial charge in [0.05, 0.1) is 6.42 Å². The molecule has 1 atom stereocenters. The molecule has 3 aromatic rings. The second-order valence-corrected chi connectivity index (χ2v) is 10.1. The zero-order chi connectivity index (χ0) is 24.3. The number of fused-ring (bicyclic) bond motifs is 1. The van der Waals surface area contributed by atoms with E-state index in [1.165, 1.54) is 5.56 Å². The topological polar surface area (TPSA) is 66.8 Å². The summed E-state index contributed by atoms with van der Waals surface area (Å²) in [5, 5.41) is 9.18. The van der Waals surface area contributed by atoms with E-state index < -0.39 is 5.97 Å². The van der Waals surface area contributed by atoms with Crippen molar-refractivity contribution < 1.29 is 19.4 Å². The third kappa shape index (κ3) is 5.86. The maximum Gasteiger partial charge on any atom is 0.305 e. The van der Waals surface area contributed by atoms with Crippen molar-refractivity contribution in [1.29, 1.82) is 0 Å². The molecular weight excluding hydrogens is 494 g/mol. The fraction of sp³-hybridized carbons (Fsp3) is 0.286. The van der Waals surface area contributed by atoms with E-state index in [0.717, 1.165) is 33.3 Å². The minimum atomic E-state index is -0.923. The summed E-state index contributed by atoms with van der Waals surface area (Å²) in [6.07, 6.45) is 1.36. The Kier molecular flexibility index (Phi) is 7.08. The number of carboxylic acids is 1. The number of carboxylic acid groups (broad SMARTS) is 1. The highest BCUT2D eigenvalue weighted by Crippen LogP contribution is 2.38. The van der Waals surface area contributed by atoms with Gasteiger partial charge in [0.15, 0.2) is 0 Å². The first-order valence-corrected chi connectivity index (χ1v) is 12.1. The van der Waals surface area contributed by atoms with Crippen molar-refractivity contribution in [3.63, 3.8) is 0 Å². The maximum absolute atomic E-state index is 13.4. The zero-order valence-corrected chi connectivity index (χ0v) is 21.0. The SMILES string of the molecule is Cc1ccc(CN(CCC(=O)O)C(=O)c2ccc3c(c2)CC(C)(Cc2ccc(Br)cc2)O3)cc1. The molecule has 0 fully saturated rings. The van der Waals surface area contributed by atoms with Gasteiger partial charge >= 0.3 is 5.97 Å². The molecule has 1 amide bonds. The molecular formula is C28H28BrNO4. The van der Waals surface area contributed by atoms with E-state index in [1.54, 1.807) is 11.0 Å². The van der Waals surface area contributed by atoms with E-state index in [2.05, 4.69) is 35.0 Å². The zero-order valence-electron chi connectivity index (χ0n) is 19.4. The molecule has 6 heteroatoms. The van der Waals surface area contributed by atoms with E-state index in [0.29, 0.717) is 18.5 Å². The molecule has 1 unspecified atom stereocenters. The minimum absolute atomic E-state index is 0.100. The number of nitrogens with zero attached hydrogens (tertiary/aromatic N) is 1. The largest absolute Gasteiger partial charge is 0.487 e. The lowest BCUT2D eigenvalue weighted by Gasteiger charge is -2.24. The normalized spacial score (nSPS) is 16.6. The third-order valence-corrected chi connectivity index (χ3v) is 6.63. The Balaban J connectivity index is 1.51. The standard InChI is InChI=1S/C28H28BrNO4/c1-19-3-5-21(6-4-19)18-30(14-13-26(31)32)27(33)22-9-12-25-23(15-22)17-28(2,34-25)16-20-7-10-24(29)11-8-20/h3-12,15H,13-14,16-18H2,1-2H3,(H,31,32). The molecule has 0 aliphatic carbocycles. The summed E-state index contributed by atoms with van der Waals surface area (Å²) >= 11 is 3.47. The summed E-state index contributed by atoms with van der Waals surface area (Å²) in [6, 6.07) is 21.7. The summed E-state index contributed by atoms with van der Waals surface area (Å²) in [4.78, 5) is 26.2. The van der Waals surface area contributed by atoms with Crippen LogP contribution in [0.5, 0.6) is 5.75 Å². The Hall–Kier alpha value is -3.12. The van der Waals surface area contributed by atoms with Crippen LogP contribution in [-0.4, -0.2) is 34.0 Å². The molecule has 4 rings (SSSR count). The summed E-state index contributed by atoms with van der Waals surface area (Å²) in [7, 11) is 0. The van der Waals surface area contributed by atoms with Crippen LogP contribution in [0.2, 0.25) is 0 Å². The Labute approximate surface area is 208 Å². The summed E-state index contributed by atoms with van der Waals surface area (Å²) in [5.74, 6) is -0.300. The van der Waals surface area contributed by atoms with Crippen LogP contribution >= 0.6 is 15.9 Å². The Bertz CT molecular complexity index is 1190. The van der Waals surface area contributed by atoms with Gasteiger partial charge in [0, 0.05) is 36.0 Å². The number of aryl methyl sites for hydroxylation is 1. The molecule has 1 aliphatic heterocycles. The number of rotatable bonds is 8. The Morgan fingerprint density at radius 1 is 1.03 bits per heavy atom. The van der Waals surface area contributed by atoms with Gasteiger partial charge in [-0.3, -0.25) is 9.59 Å². The summed E-state index contributed by atoms with van der Waals surface area (Å²) in [5.41, 5.74) is 4.45. The van der Waals surface area contributed by atoms with Crippen LogP contribution in [0, 0.1) is 6.92 Å². The molecule has 1 N–H and O–H groups in total. The molecule has 3 aromatic carbocycles. The van der Waals surface area contributed by atoms with Gasteiger partial charge < -0.3 is 14.7 Å². The molecule has 0 radical (unpaired) electrons. The van der Waals surface area contributed by atoms with Crippen molar-refractivity contribution in [3.8, 4) is 5.75 Å². The molecule has 1 aliphatic rings. The average molecular weight is 522 g/mol. The van der Waals surface area contributed by atoms with Gasteiger partial charge in [-0.15, -0.1) is 0 Å². The average Bonchev–Trinajstić information content (AvgIpc) is 3.13. The number of amides is 1. The van der Waals surface area contributed by atoms with E-state index in [9.17, 15) is 14.7 Å². The molecule has 0 aromatic heterocycles. The second kappa shape index (κ2) is 10.0. The van der Waals surface area contributed by atoms with Crippen molar-refractivity contribution in [2.24, 2.45) is 0 Å². The van der Waals surface area contributed by atoms with E-state index >= 15 is 0 Å². The van der Waals surface area contributed by atoms with Crippen LogP contribution in [0.25, 0.3) is 0 Å². The van der Waals surface area contributed by atoms with Gasteiger partial charge in [-0.25, -0.2) is 0 Å². The van der Waals surface area contributed by atoms with Crippen molar-refractivity contribution in [2.45, 2.75) is 45.3 Å². The highest BCUT2D eigenvalue weighted by molar-refractivity contribution is 9.10. The smallest absolute Gasteiger partial charge is 0.305 e. The second-order valence-electron chi connectivity index (χ2n) is 9.21.